The molecule has 1 aliphatic rings. The molecule has 2 aromatic rings. The molecule has 0 spiro atoms. The standard InChI is InChI=1S/C15H14ClF3N4O3/c1-7-13(8(2)26-21-7)9(24)6-23-10(15(17,18)19)3-4-22-12(25)5-11(16)20-14(22)23/h5,10H,3-4,6H2,1-2H3. The van der Waals surface area contributed by atoms with Gasteiger partial charge < -0.3 is 9.42 Å². The fourth-order valence-electron chi connectivity index (χ4n) is 3.08. The molecule has 1 unspecified atom stereocenters. The molecule has 0 saturated heterocycles. The molecular weight excluding hydrogens is 377 g/mol. The number of hydrogen-bond acceptors (Lipinski definition) is 6. The van der Waals surface area contributed by atoms with Gasteiger partial charge in [0.15, 0.2) is 5.78 Å². The quantitative estimate of drug-likeness (QED) is 0.591. The molecule has 1 atom stereocenters. The minimum absolute atomic E-state index is 0.118. The van der Waals surface area contributed by atoms with Gasteiger partial charge in [-0.25, -0.2) is 4.98 Å². The number of aromatic nitrogens is 3. The van der Waals surface area contributed by atoms with Gasteiger partial charge in [0.25, 0.3) is 5.56 Å². The van der Waals surface area contributed by atoms with Crippen molar-refractivity contribution in [3.05, 3.63) is 38.6 Å². The zero-order valence-electron chi connectivity index (χ0n) is 13.8. The summed E-state index contributed by atoms with van der Waals surface area (Å²) in [6.45, 7) is 2.21. The van der Waals surface area contributed by atoms with Crippen LogP contribution in [0.1, 0.15) is 28.2 Å². The van der Waals surface area contributed by atoms with Crippen LogP contribution >= 0.6 is 11.6 Å². The zero-order chi connectivity index (χ0) is 19.2. The van der Waals surface area contributed by atoms with E-state index in [4.69, 9.17) is 16.1 Å². The summed E-state index contributed by atoms with van der Waals surface area (Å²) in [5, 5.41) is 3.40. The molecule has 26 heavy (non-hydrogen) atoms. The molecule has 3 rings (SSSR count). The first-order valence-corrected chi connectivity index (χ1v) is 8.04. The highest BCUT2D eigenvalue weighted by Gasteiger charge is 2.47. The Morgan fingerprint density at radius 3 is 2.69 bits per heavy atom. The number of ketones is 1. The van der Waals surface area contributed by atoms with Crippen molar-refractivity contribution in [3.8, 4) is 0 Å². The lowest BCUT2D eigenvalue weighted by Gasteiger charge is -2.38. The lowest BCUT2D eigenvalue weighted by molar-refractivity contribution is -0.152. The smallest absolute Gasteiger partial charge is 0.361 e. The molecule has 0 radical (unpaired) electrons. The van der Waals surface area contributed by atoms with Crippen molar-refractivity contribution in [2.45, 2.75) is 39.0 Å². The number of rotatable bonds is 3. The van der Waals surface area contributed by atoms with Gasteiger partial charge in [0.05, 0.1) is 17.8 Å². The van der Waals surface area contributed by atoms with E-state index in [1.807, 2.05) is 0 Å². The Morgan fingerprint density at radius 1 is 1.42 bits per heavy atom. The molecule has 11 heteroatoms. The SMILES string of the molecule is Cc1noc(C)c1C(=O)CN1c2nc(Cl)cc(=O)n2CCC1C(F)(F)F. The summed E-state index contributed by atoms with van der Waals surface area (Å²) in [6, 6.07) is -0.940. The molecule has 0 fully saturated rings. The van der Waals surface area contributed by atoms with E-state index in [0.717, 1.165) is 15.5 Å². The number of carbonyl (C=O) groups excluding carboxylic acids is 1. The molecule has 1 aliphatic heterocycles. The van der Waals surface area contributed by atoms with Crippen molar-refractivity contribution in [2.75, 3.05) is 11.4 Å². The van der Waals surface area contributed by atoms with Gasteiger partial charge in [-0.3, -0.25) is 14.2 Å². The maximum Gasteiger partial charge on any atom is 0.408 e. The lowest BCUT2D eigenvalue weighted by atomic mass is 10.1. The van der Waals surface area contributed by atoms with Gasteiger partial charge in [0.1, 0.15) is 17.0 Å². The second-order valence-electron chi connectivity index (χ2n) is 5.97. The highest BCUT2D eigenvalue weighted by atomic mass is 35.5. The number of fused-ring (bicyclic) bond motifs is 1. The fourth-order valence-corrected chi connectivity index (χ4v) is 3.25. The summed E-state index contributed by atoms with van der Waals surface area (Å²) >= 11 is 5.75. The molecule has 7 nitrogen and oxygen atoms in total. The van der Waals surface area contributed by atoms with Crippen molar-refractivity contribution < 1.29 is 22.5 Å². The Bertz CT molecular complexity index is 902. The van der Waals surface area contributed by atoms with Crippen LogP contribution in [0.4, 0.5) is 19.1 Å². The maximum atomic E-state index is 13.5. The van der Waals surface area contributed by atoms with Crippen LogP contribution < -0.4 is 10.5 Å². The van der Waals surface area contributed by atoms with Crippen LogP contribution in [0.2, 0.25) is 5.15 Å². The summed E-state index contributed by atoms with van der Waals surface area (Å²) in [5.74, 6) is -0.682. The second kappa shape index (κ2) is 6.42. The Balaban J connectivity index is 2.06. The Hall–Kier alpha value is -2.36. The fraction of sp³-hybridized carbons (Fsp3) is 0.467. The summed E-state index contributed by atoms with van der Waals surface area (Å²) in [4.78, 5) is 29.3. The molecule has 0 saturated carbocycles. The van der Waals surface area contributed by atoms with E-state index < -0.39 is 30.1 Å². The molecule has 2 aromatic heterocycles. The van der Waals surface area contributed by atoms with Gasteiger partial charge in [-0.2, -0.15) is 13.2 Å². The summed E-state index contributed by atoms with van der Waals surface area (Å²) < 4.78 is 46.5. The van der Waals surface area contributed by atoms with Crippen molar-refractivity contribution in [1.29, 1.82) is 0 Å². The summed E-state index contributed by atoms with van der Waals surface area (Å²) in [7, 11) is 0. The first-order chi connectivity index (χ1) is 12.1. The first kappa shape index (κ1) is 18.4. The van der Waals surface area contributed by atoms with Gasteiger partial charge in [0.2, 0.25) is 5.95 Å². The van der Waals surface area contributed by atoms with E-state index in [1.54, 1.807) is 0 Å². The van der Waals surface area contributed by atoms with Crippen LogP contribution in [-0.4, -0.2) is 39.3 Å². The van der Waals surface area contributed by atoms with Crippen LogP contribution in [0.3, 0.4) is 0 Å². The van der Waals surface area contributed by atoms with Gasteiger partial charge >= 0.3 is 6.18 Å². The van der Waals surface area contributed by atoms with Crippen molar-refractivity contribution in [3.63, 3.8) is 0 Å². The third kappa shape index (κ3) is 3.20. The monoisotopic (exact) mass is 390 g/mol. The predicted octanol–water partition coefficient (Wildman–Crippen LogP) is 2.53. The Kier molecular flexibility index (Phi) is 4.55. The van der Waals surface area contributed by atoms with E-state index in [1.165, 1.54) is 13.8 Å². The van der Waals surface area contributed by atoms with Gasteiger partial charge in [-0.15, -0.1) is 0 Å². The van der Waals surface area contributed by atoms with E-state index in [0.29, 0.717) is 0 Å². The van der Waals surface area contributed by atoms with Crippen LogP contribution in [0.5, 0.6) is 0 Å². The number of halogens is 4. The summed E-state index contributed by atoms with van der Waals surface area (Å²) in [5.41, 5.74) is -0.174. The number of aryl methyl sites for hydroxylation is 2. The number of nitrogens with zero attached hydrogens (tertiary/aromatic N) is 4. The largest absolute Gasteiger partial charge is 0.408 e. The maximum absolute atomic E-state index is 13.5. The zero-order valence-corrected chi connectivity index (χ0v) is 14.6. The Labute approximate surface area is 150 Å². The van der Waals surface area contributed by atoms with Crippen LogP contribution in [-0.2, 0) is 6.54 Å². The minimum Gasteiger partial charge on any atom is -0.361 e. The highest BCUT2D eigenvalue weighted by Crippen LogP contribution is 2.34. The van der Waals surface area contributed by atoms with E-state index in [2.05, 4.69) is 10.1 Å². The molecule has 0 N–H and O–H groups in total. The lowest BCUT2D eigenvalue weighted by Crippen LogP contribution is -2.54. The molecule has 0 aliphatic carbocycles. The van der Waals surface area contributed by atoms with Crippen molar-refractivity contribution >= 4 is 23.3 Å². The normalized spacial score (nSPS) is 17.3. The molecular formula is C15H14ClF3N4O3. The highest BCUT2D eigenvalue weighted by molar-refractivity contribution is 6.29. The minimum atomic E-state index is -4.61. The van der Waals surface area contributed by atoms with Crippen molar-refractivity contribution in [2.24, 2.45) is 0 Å². The molecule has 0 bridgehead atoms. The topological polar surface area (TPSA) is 81.2 Å². The van der Waals surface area contributed by atoms with E-state index >= 15 is 0 Å². The molecule has 0 amide bonds. The molecule has 140 valence electrons. The number of hydrogen-bond donors (Lipinski definition) is 0. The average molecular weight is 391 g/mol. The van der Waals surface area contributed by atoms with Crippen LogP contribution in [0, 0.1) is 13.8 Å². The second-order valence-corrected chi connectivity index (χ2v) is 6.35. The Morgan fingerprint density at radius 2 is 2.12 bits per heavy atom. The molecule has 3 heterocycles. The number of alkyl halides is 3. The van der Waals surface area contributed by atoms with E-state index in [-0.39, 0.29) is 41.1 Å². The number of Topliss-reactive ketones (excluding diaryl/α,β-unsaturated/α-hetero) is 1. The van der Waals surface area contributed by atoms with Crippen LogP contribution in [0.25, 0.3) is 0 Å². The first-order valence-electron chi connectivity index (χ1n) is 7.66. The van der Waals surface area contributed by atoms with E-state index in [9.17, 15) is 22.8 Å². The third-order valence-electron chi connectivity index (χ3n) is 4.22. The third-order valence-corrected chi connectivity index (χ3v) is 4.41. The van der Waals surface area contributed by atoms with Crippen molar-refractivity contribution in [1.82, 2.24) is 14.7 Å². The number of anilines is 1. The van der Waals surface area contributed by atoms with Gasteiger partial charge in [-0.1, -0.05) is 16.8 Å². The van der Waals surface area contributed by atoms with Crippen LogP contribution in [0.15, 0.2) is 15.4 Å². The number of carbonyl (C=O) groups is 1. The predicted molar refractivity (Wildman–Crippen MR) is 85.6 cm³/mol. The van der Waals surface area contributed by atoms with Gasteiger partial charge in [0, 0.05) is 12.6 Å². The average Bonchev–Trinajstić information content (AvgIpc) is 2.85. The summed E-state index contributed by atoms with van der Waals surface area (Å²) in [6.07, 6.45) is -4.99. The van der Waals surface area contributed by atoms with Gasteiger partial charge in [-0.05, 0) is 20.3 Å². The molecule has 0 aromatic carbocycles.